The maximum atomic E-state index is 14.7. The van der Waals surface area contributed by atoms with Crippen LogP contribution in [0, 0.1) is 0 Å². The first kappa shape index (κ1) is 40.9. The topological polar surface area (TPSA) is 190 Å². The number of guanidine groups is 1. The van der Waals surface area contributed by atoms with Gasteiger partial charge in [-0.05, 0) is 73.4 Å². The molecule has 1 aliphatic carbocycles. The molecule has 0 bridgehead atoms. The Balaban J connectivity index is 0.865. The third-order valence-corrected chi connectivity index (χ3v) is 16.1. The number of anilines is 2. The van der Waals surface area contributed by atoms with Gasteiger partial charge in [-0.2, -0.15) is 9.98 Å². The summed E-state index contributed by atoms with van der Waals surface area (Å²) in [4.78, 5) is 43.7. The number of para-hydroxylation sites is 1. The number of ether oxygens (including phenoxy) is 2. The van der Waals surface area contributed by atoms with Gasteiger partial charge in [0.15, 0.2) is 27.0 Å². The van der Waals surface area contributed by atoms with Gasteiger partial charge >= 0.3 is 5.96 Å². The number of hydrogen-bond acceptors (Lipinski definition) is 12. The second kappa shape index (κ2) is 15.9. The van der Waals surface area contributed by atoms with Crippen LogP contribution in [0.3, 0.4) is 0 Å². The van der Waals surface area contributed by atoms with E-state index in [4.69, 9.17) is 9.47 Å². The number of aliphatic imine (C=N–C) groups is 2. The summed E-state index contributed by atoms with van der Waals surface area (Å²) in [5.41, 5.74) is 2.52. The lowest BCUT2D eigenvalue weighted by Crippen LogP contribution is -2.56. The molecule has 5 aromatic rings. The predicted octanol–water partition coefficient (Wildman–Crippen LogP) is 5.72. The van der Waals surface area contributed by atoms with Crippen LogP contribution in [0.25, 0.3) is 5.65 Å². The number of hydrogen-bond donors (Lipinski definition) is 2. The van der Waals surface area contributed by atoms with Crippen LogP contribution in [0.2, 0.25) is 0 Å². The molecule has 2 atom stereocenters. The maximum absolute atomic E-state index is 14.7. The normalized spacial score (nSPS) is 20.9. The second-order valence-electron chi connectivity index (χ2n) is 16.0. The molecule has 3 aromatic carbocycles. The number of allylic oxidation sites excluding steroid dienone is 3. The average Bonchev–Trinajstić information content (AvgIpc) is 4.16. The number of sulfone groups is 2. The van der Waals surface area contributed by atoms with E-state index in [9.17, 15) is 26.4 Å². The van der Waals surface area contributed by atoms with Crippen molar-refractivity contribution < 1.29 is 40.4 Å². The molecule has 2 unspecified atom stereocenters. The standard InChI is InChI=1S/C46H40N8O8S2/c55-43(49-26-32-12-14-36(15-13-32)63(57,58)37-9-6-8-35(25-37)52-20-4-5-21-52)33-24-38(42-47-18-22-53(42)28-33)51-44(56)34-27-50-45-48-19-23-54(45,29-34)30-46(16-2-1-3-17-46)64(59,60)40-11-7-10-39-41(40)62-31-61-39/h1-3,6-16,18-19,22-25,27-29H,4-5,17,20-21,26,30-31H2,(H-,49,51,55,56)/p+1. The van der Waals surface area contributed by atoms with Crippen molar-refractivity contribution >= 4 is 60.7 Å². The molecule has 2 N–H and O–H groups in total. The van der Waals surface area contributed by atoms with Crippen molar-refractivity contribution in [1.29, 1.82) is 0 Å². The summed E-state index contributed by atoms with van der Waals surface area (Å²) >= 11 is 0. The molecule has 0 radical (unpaired) electrons. The molecule has 64 heavy (non-hydrogen) atoms. The summed E-state index contributed by atoms with van der Waals surface area (Å²) in [5.74, 6) is -0.259. The highest BCUT2D eigenvalue weighted by Gasteiger charge is 2.54. The number of carbonyl (C=O) groups is 2. The molecule has 18 heteroatoms. The van der Waals surface area contributed by atoms with E-state index < -0.39 is 36.2 Å². The zero-order valence-corrected chi connectivity index (χ0v) is 35.8. The fourth-order valence-corrected chi connectivity index (χ4v) is 12.0. The molecule has 4 aliphatic heterocycles. The maximum Gasteiger partial charge on any atom is 0.338 e. The zero-order chi connectivity index (χ0) is 44.1. The van der Waals surface area contributed by atoms with E-state index in [0.29, 0.717) is 17.0 Å². The lowest BCUT2D eigenvalue weighted by Gasteiger charge is -2.38. The van der Waals surface area contributed by atoms with Crippen molar-refractivity contribution in [3.8, 4) is 11.5 Å². The van der Waals surface area contributed by atoms with Gasteiger partial charge in [-0.25, -0.2) is 26.3 Å². The van der Waals surface area contributed by atoms with Gasteiger partial charge in [0.25, 0.3) is 11.8 Å². The summed E-state index contributed by atoms with van der Waals surface area (Å²) in [6, 6.07) is 19.7. The Hall–Kier alpha value is -7.15. The summed E-state index contributed by atoms with van der Waals surface area (Å²) < 4.78 is 67.5. The third-order valence-electron chi connectivity index (χ3n) is 12.0. The number of pyridine rings is 1. The van der Waals surface area contributed by atoms with E-state index in [1.807, 2.05) is 6.07 Å². The molecular weight excluding hydrogens is 857 g/mol. The van der Waals surface area contributed by atoms with Crippen molar-refractivity contribution in [2.24, 2.45) is 9.98 Å². The van der Waals surface area contributed by atoms with E-state index in [-0.39, 0.29) is 74.0 Å². The van der Waals surface area contributed by atoms with Crippen molar-refractivity contribution in [3.05, 3.63) is 151 Å². The molecule has 1 saturated heterocycles. The van der Waals surface area contributed by atoms with Crippen LogP contribution in [0.1, 0.15) is 35.2 Å². The number of quaternary nitrogens is 1. The first-order valence-electron chi connectivity index (χ1n) is 20.6. The van der Waals surface area contributed by atoms with E-state index in [0.717, 1.165) is 31.6 Å². The highest BCUT2D eigenvalue weighted by molar-refractivity contribution is 7.93. The van der Waals surface area contributed by atoms with Gasteiger partial charge in [-0.1, -0.05) is 48.6 Å². The molecule has 1 fully saturated rings. The largest absolute Gasteiger partial charge is 0.454 e. The van der Waals surface area contributed by atoms with Gasteiger partial charge in [0, 0.05) is 43.9 Å². The Morgan fingerprint density at radius 3 is 2.55 bits per heavy atom. The zero-order valence-electron chi connectivity index (χ0n) is 34.2. The Kier molecular flexibility index (Phi) is 10.1. The van der Waals surface area contributed by atoms with Gasteiger partial charge in [-0.3, -0.25) is 9.59 Å². The molecule has 2 aromatic heterocycles. The minimum atomic E-state index is -4.16. The molecule has 2 amide bonds. The van der Waals surface area contributed by atoms with E-state index in [1.165, 1.54) is 42.9 Å². The van der Waals surface area contributed by atoms with Gasteiger partial charge in [-0.15, -0.1) is 0 Å². The number of carbonyl (C=O) groups excluding carboxylic acids is 2. The molecule has 10 rings (SSSR count). The third kappa shape index (κ3) is 7.18. The van der Waals surface area contributed by atoms with Gasteiger partial charge in [0.1, 0.15) is 34.2 Å². The molecule has 0 saturated carbocycles. The lowest BCUT2D eigenvalue weighted by atomic mass is 9.97. The summed E-state index contributed by atoms with van der Waals surface area (Å²) in [5, 5.41) is 5.77. The smallest absolute Gasteiger partial charge is 0.338 e. The number of nitrogens with zero attached hydrogens (tertiary/aromatic N) is 6. The SMILES string of the molecule is O=C(Nc1cc(C(=O)NCc2ccc(S(=O)(=O)c3cccc(N4CCCC4)c3)cc2)cn2ccnc12)C1=C[N+]2(CC3(S(=O)(=O)c4cccc5c4OCO5)C=CC=CC3)C=CN=C2N=C1. The minimum absolute atomic E-state index is 0.00392. The molecule has 0 spiro atoms. The van der Waals surface area contributed by atoms with Crippen LogP contribution in [-0.4, -0.2) is 85.9 Å². The van der Waals surface area contributed by atoms with Crippen molar-refractivity contribution in [3.63, 3.8) is 0 Å². The van der Waals surface area contributed by atoms with Crippen LogP contribution in [0.4, 0.5) is 11.4 Å². The first-order valence-corrected chi connectivity index (χ1v) is 23.5. The van der Waals surface area contributed by atoms with Gasteiger partial charge in [0.05, 0.1) is 33.5 Å². The first-order chi connectivity index (χ1) is 30.9. The van der Waals surface area contributed by atoms with Crippen molar-refractivity contribution in [2.75, 3.05) is 36.6 Å². The van der Waals surface area contributed by atoms with E-state index in [2.05, 4.69) is 30.5 Å². The number of aromatic nitrogens is 2. The second-order valence-corrected chi connectivity index (χ2v) is 20.2. The molecule has 16 nitrogen and oxygen atoms in total. The highest BCUT2D eigenvalue weighted by Crippen LogP contribution is 2.45. The van der Waals surface area contributed by atoms with Crippen LogP contribution < -0.4 is 25.0 Å². The summed E-state index contributed by atoms with van der Waals surface area (Å²) in [6.45, 7) is 1.72. The fourth-order valence-electron chi connectivity index (χ4n) is 8.63. The Morgan fingerprint density at radius 1 is 0.906 bits per heavy atom. The quantitative estimate of drug-likeness (QED) is 0.147. The van der Waals surface area contributed by atoms with Crippen LogP contribution in [0.5, 0.6) is 11.5 Å². The Morgan fingerprint density at radius 2 is 1.73 bits per heavy atom. The predicted molar refractivity (Wildman–Crippen MR) is 238 cm³/mol. The fraction of sp³-hybridized carbons (Fsp3) is 0.196. The molecule has 5 aliphatic rings. The number of imidazole rings is 1. The highest BCUT2D eigenvalue weighted by atomic mass is 32.2. The average molecular weight is 898 g/mol. The monoisotopic (exact) mass is 897 g/mol. The van der Waals surface area contributed by atoms with Crippen LogP contribution in [0.15, 0.2) is 165 Å². The molecule has 324 valence electrons. The number of fused-ring (bicyclic) bond motifs is 3. The lowest BCUT2D eigenvalue weighted by molar-refractivity contribution is -0.733. The molecular formula is C46H41N8O8S2+. The number of amides is 2. The molecule has 6 heterocycles. The van der Waals surface area contributed by atoms with Gasteiger partial charge in [0.2, 0.25) is 16.6 Å². The van der Waals surface area contributed by atoms with E-state index >= 15 is 0 Å². The van der Waals surface area contributed by atoms with Crippen molar-refractivity contribution in [1.82, 2.24) is 14.7 Å². The Labute approximate surface area is 368 Å². The summed E-state index contributed by atoms with van der Waals surface area (Å²) in [6.07, 6.45) is 20.2. The number of nitrogens with one attached hydrogen (secondary N) is 2. The number of benzene rings is 3. The van der Waals surface area contributed by atoms with E-state index in [1.54, 1.807) is 96.0 Å². The van der Waals surface area contributed by atoms with Crippen LogP contribution in [-0.2, 0) is 31.0 Å². The van der Waals surface area contributed by atoms with Gasteiger partial charge < -0.3 is 29.4 Å². The summed E-state index contributed by atoms with van der Waals surface area (Å²) in [7, 11) is -7.93. The minimum Gasteiger partial charge on any atom is -0.454 e. The Bertz CT molecular complexity index is 3170. The number of rotatable bonds is 12. The van der Waals surface area contributed by atoms with Crippen molar-refractivity contribution in [2.45, 2.75) is 45.2 Å². The van der Waals surface area contributed by atoms with Crippen LogP contribution >= 0.6 is 0 Å².